The Morgan fingerprint density at radius 1 is 0.895 bits per heavy atom. The molecule has 3 rings (SSSR count). The van der Waals surface area contributed by atoms with Gasteiger partial charge in [0.15, 0.2) is 0 Å². The number of para-hydroxylation sites is 2. The summed E-state index contributed by atoms with van der Waals surface area (Å²) >= 11 is 0. The molecule has 2 aromatic carbocycles. The van der Waals surface area contributed by atoms with Crippen LogP contribution in [0.3, 0.4) is 0 Å². The number of hydrogen-bond acceptors (Lipinski definition) is 4. The van der Waals surface area contributed by atoms with E-state index in [1.165, 1.54) is 0 Å². The van der Waals surface area contributed by atoms with Gasteiger partial charge in [-0.25, -0.2) is 0 Å². The van der Waals surface area contributed by atoms with Gasteiger partial charge in [0.2, 0.25) is 0 Å². The van der Waals surface area contributed by atoms with Crippen molar-refractivity contribution in [2.75, 3.05) is 23.7 Å². The van der Waals surface area contributed by atoms with Crippen LogP contribution in [0.2, 0.25) is 0 Å². The molecule has 0 saturated heterocycles. The van der Waals surface area contributed by atoms with Gasteiger partial charge in [-0.1, -0.05) is 45.8 Å². The van der Waals surface area contributed by atoms with Crippen LogP contribution >= 0.6 is 21.6 Å². The highest BCUT2D eigenvalue weighted by molar-refractivity contribution is 8.76. The molecule has 0 unspecified atom stereocenters. The average Bonchev–Trinajstić information content (AvgIpc) is 2.52. The van der Waals surface area contributed by atoms with E-state index in [-0.39, 0.29) is 6.40 Å². The quantitative estimate of drug-likeness (QED) is 0.687. The summed E-state index contributed by atoms with van der Waals surface area (Å²) in [5.74, 6) is 0. The van der Waals surface area contributed by atoms with Gasteiger partial charge in [0.25, 0.3) is 0 Å². The van der Waals surface area contributed by atoms with E-state index in [1.807, 2.05) is 24.3 Å². The number of nitrogens with one attached hydrogen (secondary N) is 2. The Morgan fingerprint density at radius 2 is 1.42 bits per heavy atom. The average molecular weight is 294 g/mol. The lowest BCUT2D eigenvalue weighted by Crippen LogP contribution is -2.09. The molecule has 2 N–H and O–H groups in total. The Kier molecular flexibility index (Phi) is 3.17. The van der Waals surface area contributed by atoms with Gasteiger partial charge in [-0.3, -0.25) is 0 Å². The first kappa shape index (κ1) is 9.61. The first-order valence-electron chi connectivity index (χ1n) is 7.65. The second-order valence-corrected chi connectivity index (χ2v) is 6.27. The Bertz CT molecular complexity index is 624. The van der Waals surface area contributed by atoms with E-state index < -0.39 is 0 Å². The van der Waals surface area contributed by atoms with E-state index in [9.17, 15) is 0 Å². The number of benzene rings is 2. The zero-order valence-electron chi connectivity index (χ0n) is 13.3. The van der Waals surface area contributed by atoms with Crippen LogP contribution in [-0.4, -0.2) is 13.1 Å². The topological polar surface area (TPSA) is 24.1 Å². The standard InChI is InChI=1S/C15H16N2S2/c1-3-8-14-12(6-1)16-10-5-11-17-13-7-2-4-9-15(13)19-18-14/h1-4,6-9,16-17H,5,10-11H2/i3T,4T,5T. The third kappa shape index (κ3) is 3.19. The number of fused-ring (bicyclic) bond motifs is 2. The van der Waals surface area contributed by atoms with Crippen LogP contribution in [-0.2, 0) is 0 Å². The van der Waals surface area contributed by atoms with Crippen LogP contribution in [0.1, 0.15) is 10.5 Å². The molecular weight excluding hydrogens is 272 g/mol. The third-order valence-corrected chi connectivity index (χ3v) is 5.19. The first-order chi connectivity index (χ1) is 10.6. The molecule has 4 heteroatoms. The molecular formula is C15H16N2S2. The normalized spacial score (nSPS) is 18.4. The Morgan fingerprint density at radius 3 is 1.95 bits per heavy atom. The van der Waals surface area contributed by atoms with Gasteiger partial charge in [0.1, 0.15) is 0 Å². The van der Waals surface area contributed by atoms with Crippen LogP contribution in [0.15, 0.2) is 58.3 Å². The summed E-state index contributed by atoms with van der Waals surface area (Å²) in [6.45, 7) is 1.10. The molecule has 2 aromatic rings. The van der Waals surface area contributed by atoms with Crippen LogP contribution < -0.4 is 10.6 Å². The molecule has 1 aliphatic heterocycles. The van der Waals surface area contributed by atoms with Crippen LogP contribution in [0.25, 0.3) is 0 Å². The highest BCUT2D eigenvalue weighted by atomic mass is 33.1. The van der Waals surface area contributed by atoms with Crippen molar-refractivity contribution >= 4 is 33.0 Å². The smallest absolute Gasteiger partial charge is 0.0623 e. The summed E-state index contributed by atoms with van der Waals surface area (Å²) in [4.78, 5) is 1.96. The lowest BCUT2D eigenvalue weighted by atomic mass is 10.3. The van der Waals surface area contributed by atoms with Crippen molar-refractivity contribution in [2.45, 2.75) is 16.2 Å². The monoisotopic (exact) mass is 294 g/mol. The van der Waals surface area contributed by atoms with Gasteiger partial charge < -0.3 is 10.6 Å². The number of anilines is 2. The molecule has 0 aromatic heterocycles. The molecule has 1 heterocycles. The summed E-state index contributed by atoms with van der Waals surface area (Å²) in [5, 5.41) is 6.59. The van der Waals surface area contributed by atoms with Crippen molar-refractivity contribution in [3.8, 4) is 0 Å². The minimum atomic E-state index is -0.278. The zero-order chi connectivity index (χ0) is 15.5. The maximum atomic E-state index is 8.10. The van der Waals surface area contributed by atoms with E-state index in [1.54, 1.807) is 33.7 Å². The summed E-state index contributed by atoms with van der Waals surface area (Å²) in [5.41, 5.74) is 1.91. The number of rotatable bonds is 0. The molecule has 0 atom stereocenters. The van der Waals surface area contributed by atoms with Gasteiger partial charge in [0, 0.05) is 35.6 Å². The fraction of sp³-hybridized carbons (Fsp3) is 0.200. The highest BCUT2D eigenvalue weighted by Crippen LogP contribution is 2.43. The highest BCUT2D eigenvalue weighted by Gasteiger charge is 2.08. The van der Waals surface area contributed by atoms with Crippen molar-refractivity contribution in [2.24, 2.45) is 0 Å². The number of hydrogen-bond donors (Lipinski definition) is 2. The fourth-order valence-corrected chi connectivity index (χ4v) is 4.02. The lowest BCUT2D eigenvalue weighted by molar-refractivity contribution is 0.904. The summed E-state index contributed by atoms with van der Waals surface area (Å²) < 4.78 is 23.7. The van der Waals surface area contributed by atoms with Crippen molar-refractivity contribution in [3.63, 3.8) is 0 Å². The van der Waals surface area contributed by atoms with Crippen LogP contribution in [0, 0.1) is 0 Å². The Balaban J connectivity index is 1.95. The summed E-state index contributed by atoms with van der Waals surface area (Å²) in [6, 6.07) is 11.9. The molecule has 2 nitrogen and oxygen atoms in total. The Labute approximate surface area is 126 Å². The Hall–Kier alpha value is -1.26. The van der Waals surface area contributed by atoms with Gasteiger partial charge >= 0.3 is 0 Å². The molecule has 0 aliphatic carbocycles. The summed E-state index contributed by atoms with van der Waals surface area (Å²) in [7, 11) is 3.14. The van der Waals surface area contributed by atoms with E-state index in [4.69, 9.17) is 4.11 Å². The van der Waals surface area contributed by atoms with Crippen LogP contribution in [0.5, 0.6) is 0 Å². The van der Waals surface area contributed by atoms with Gasteiger partial charge in [-0.05, 0) is 30.7 Å². The first-order valence-corrected chi connectivity index (χ1v) is 8.22. The van der Waals surface area contributed by atoms with Crippen molar-refractivity contribution in [1.29, 1.82) is 0 Å². The predicted octanol–water partition coefficient (Wildman–Crippen LogP) is 4.71. The van der Waals surface area contributed by atoms with Crippen molar-refractivity contribution < 1.29 is 4.11 Å². The van der Waals surface area contributed by atoms with E-state index >= 15 is 0 Å². The molecule has 0 saturated carbocycles. The predicted molar refractivity (Wildman–Crippen MR) is 86.2 cm³/mol. The molecule has 98 valence electrons. The molecule has 0 fully saturated rings. The van der Waals surface area contributed by atoms with Crippen LogP contribution in [0.4, 0.5) is 11.4 Å². The minimum absolute atomic E-state index is 0.278. The second-order valence-electron chi connectivity index (χ2n) is 4.06. The molecule has 0 amide bonds. The zero-order valence-corrected chi connectivity index (χ0v) is 11.9. The maximum absolute atomic E-state index is 8.10. The fourth-order valence-electron chi connectivity index (χ4n) is 1.79. The van der Waals surface area contributed by atoms with E-state index in [0.717, 1.165) is 21.2 Å². The molecule has 0 radical (unpaired) electrons. The van der Waals surface area contributed by atoms with Crippen molar-refractivity contribution in [3.05, 3.63) is 48.5 Å². The largest absolute Gasteiger partial charge is 0.384 e. The van der Waals surface area contributed by atoms with Crippen molar-refractivity contribution in [1.82, 2.24) is 0 Å². The maximum Gasteiger partial charge on any atom is 0.0623 e. The molecule has 0 spiro atoms. The molecule has 1 aliphatic rings. The second kappa shape index (κ2) is 6.26. The lowest BCUT2D eigenvalue weighted by Gasteiger charge is -2.10. The van der Waals surface area contributed by atoms with E-state index in [0.29, 0.717) is 25.2 Å². The summed E-state index contributed by atoms with van der Waals surface area (Å²) in [6.07, 6.45) is -0.278. The van der Waals surface area contributed by atoms with Gasteiger partial charge in [0.05, 0.1) is 2.74 Å². The van der Waals surface area contributed by atoms with Gasteiger partial charge in [-0.15, -0.1) is 0 Å². The minimum Gasteiger partial charge on any atom is -0.384 e. The van der Waals surface area contributed by atoms with Gasteiger partial charge in [-0.2, -0.15) is 0 Å². The molecule has 0 bridgehead atoms. The third-order valence-electron chi connectivity index (χ3n) is 2.75. The van der Waals surface area contributed by atoms with E-state index in [2.05, 4.69) is 10.6 Å². The SMILES string of the molecule is [3H]c1ccc2c(c1)SSc1cc([3H])ccc1NCC([3H])CN2. The molecule has 19 heavy (non-hydrogen) atoms.